The van der Waals surface area contributed by atoms with Gasteiger partial charge >= 0.3 is 0 Å². The molecule has 0 aromatic rings. The average molecular weight is 130 g/mol. The molecule has 2 heteroatoms. The van der Waals surface area contributed by atoms with E-state index in [0.717, 1.165) is 6.61 Å². The van der Waals surface area contributed by atoms with Gasteiger partial charge in [0.2, 0.25) is 0 Å². The Morgan fingerprint density at radius 2 is 2.00 bits per heavy atom. The molecule has 54 valence electrons. The van der Waals surface area contributed by atoms with Crippen LogP contribution in [0.15, 0.2) is 0 Å². The molecule has 1 saturated heterocycles. The van der Waals surface area contributed by atoms with Crippen LogP contribution in [0.1, 0.15) is 20.8 Å². The molecule has 1 heterocycles. The summed E-state index contributed by atoms with van der Waals surface area (Å²) in [5.74, 6) is 0. The third kappa shape index (κ3) is 2.33. The summed E-state index contributed by atoms with van der Waals surface area (Å²) in [5.41, 5.74) is 0. The largest absolute Gasteiger partial charge is 0.373 e. The number of epoxide rings is 1. The van der Waals surface area contributed by atoms with Gasteiger partial charge in [-0.3, -0.25) is 0 Å². The van der Waals surface area contributed by atoms with Crippen LogP contribution in [0, 0.1) is 0 Å². The maximum atomic E-state index is 5.45. The van der Waals surface area contributed by atoms with E-state index in [-0.39, 0.29) is 6.10 Å². The van der Waals surface area contributed by atoms with E-state index < -0.39 is 0 Å². The fourth-order valence-corrected chi connectivity index (χ4v) is 0.844. The van der Waals surface area contributed by atoms with Gasteiger partial charge in [0.15, 0.2) is 0 Å². The lowest BCUT2D eigenvalue weighted by Gasteiger charge is -2.12. The zero-order valence-electron chi connectivity index (χ0n) is 6.26. The SMILES string of the molecule is CC(C)O[C@H](C)[C@H]1CO1. The van der Waals surface area contributed by atoms with Crippen molar-refractivity contribution in [3.05, 3.63) is 0 Å². The second-order valence-corrected chi connectivity index (χ2v) is 2.76. The predicted molar refractivity (Wildman–Crippen MR) is 35.4 cm³/mol. The minimum Gasteiger partial charge on any atom is -0.373 e. The van der Waals surface area contributed by atoms with Crippen LogP contribution in [0.2, 0.25) is 0 Å². The predicted octanol–water partition coefficient (Wildman–Crippen LogP) is 1.20. The molecule has 0 aromatic heterocycles. The van der Waals surface area contributed by atoms with Crippen LogP contribution in [0.4, 0.5) is 0 Å². The van der Waals surface area contributed by atoms with Crippen LogP contribution >= 0.6 is 0 Å². The molecule has 1 aliphatic heterocycles. The summed E-state index contributed by atoms with van der Waals surface area (Å²) in [5, 5.41) is 0. The van der Waals surface area contributed by atoms with Gasteiger partial charge in [-0.15, -0.1) is 0 Å². The van der Waals surface area contributed by atoms with Crippen molar-refractivity contribution in [2.24, 2.45) is 0 Å². The van der Waals surface area contributed by atoms with Crippen molar-refractivity contribution in [3.8, 4) is 0 Å². The maximum absolute atomic E-state index is 5.45. The molecule has 0 radical (unpaired) electrons. The van der Waals surface area contributed by atoms with E-state index in [2.05, 4.69) is 6.92 Å². The lowest BCUT2D eigenvalue weighted by atomic mass is 10.3. The van der Waals surface area contributed by atoms with E-state index in [9.17, 15) is 0 Å². The van der Waals surface area contributed by atoms with Crippen LogP contribution in [-0.2, 0) is 9.47 Å². The molecule has 0 aromatic carbocycles. The first-order valence-corrected chi connectivity index (χ1v) is 3.47. The Kier molecular flexibility index (Phi) is 2.09. The van der Waals surface area contributed by atoms with Gasteiger partial charge in [0.1, 0.15) is 6.10 Å². The summed E-state index contributed by atoms with van der Waals surface area (Å²) >= 11 is 0. The highest BCUT2D eigenvalue weighted by Crippen LogP contribution is 2.17. The van der Waals surface area contributed by atoms with Crippen molar-refractivity contribution < 1.29 is 9.47 Å². The number of hydrogen-bond acceptors (Lipinski definition) is 2. The van der Waals surface area contributed by atoms with Crippen molar-refractivity contribution in [3.63, 3.8) is 0 Å². The van der Waals surface area contributed by atoms with Crippen molar-refractivity contribution in [1.29, 1.82) is 0 Å². The summed E-state index contributed by atoms with van der Waals surface area (Å²) in [6, 6.07) is 0. The Hall–Kier alpha value is -0.0800. The van der Waals surface area contributed by atoms with Gasteiger partial charge in [-0.05, 0) is 20.8 Å². The molecule has 2 atom stereocenters. The first kappa shape index (κ1) is 7.03. The second-order valence-electron chi connectivity index (χ2n) is 2.76. The second kappa shape index (κ2) is 2.67. The van der Waals surface area contributed by atoms with E-state index in [1.165, 1.54) is 0 Å². The monoisotopic (exact) mass is 130 g/mol. The number of rotatable bonds is 3. The van der Waals surface area contributed by atoms with Crippen molar-refractivity contribution in [2.75, 3.05) is 6.61 Å². The van der Waals surface area contributed by atoms with Crippen LogP contribution in [0.5, 0.6) is 0 Å². The van der Waals surface area contributed by atoms with Gasteiger partial charge in [0.25, 0.3) is 0 Å². The van der Waals surface area contributed by atoms with E-state index in [1.54, 1.807) is 0 Å². The maximum Gasteiger partial charge on any atom is 0.107 e. The van der Waals surface area contributed by atoms with Gasteiger partial charge in [-0.2, -0.15) is 0 Å². The zero-order valence-corrected chi connectivity index (χ0v) is 6.26. The van der Waals surface area contributed by atoms with Crippen LogP contribution in [0.3, 0.4) is 0 Å². The highest BCUT2D eigenvalue weighted by atomic mass is 16.6. The topological polar surface area (TPSA) is 21.8 Å². The van der Waals surface area contributed by atoms with E-state index in [4.69, 9.17) is 9.47 Å². The van der Waals surface area contributed by atoms with Gasteiger partial charge in [-0.1, -0.05) is 0 Å². The van der Waals surface area contributed by atoms with Gasteiger partial charge < -0.3 is 9.47 Å². The molecule has 0 bridgehead atoms. The van der Waals surface area contributed by atoms with Gasteiger partial charge in [0, 0.05) is 0 Å². The standard InChI is InChI=1S/C7H14O2/c1-5(2)9-6(3)7-4-8-7/h5-7H,4H2,1-3H3/t6-,7-/m1/s1. The van der Waals surface area contributed by atoms with Crippen LogP contribution < -0.4 is 0 Å². The molecule has 1 fully saturated rings. The Labute approximate surface area is 56.2 Å². The number of ether oxygens (including phenoxy) is 2. The fraction of sp³-hybridized carbons (Fsp3) is 1.00. The van der Waals surface area contributed by atoms with Crippen LogP contribution in [-0.4, -0.2) is 24.9 Å². The molecule has 0 spiro atoms. The molecule has 9 heavy (non-hydrogen) atoms. The first-order chi connectivity index (χ1) is 4.20. The van der Waals surface area contributed by atoms with Gasteiger partial charge in [0.05, 0.1) is 18.8 Å². The molecule has 0 N–H and O–H groups in total. The summed E-state index contributed by atoms with van der Waals surface area (Å²) in [4.78, 5) is 0. The Bertz CT molecular complexity index is 86.9. The summed E-state index contributed by atoms with van der Waals surface area (Å²) in [6.07, 6.45) is 0.988. The first-order valence-electron chi connectivity index (χ1n) is 3.47. The molecule has 0 saturated carbocycles. The Morgan fingerprint density at radius 3 is 2.33 bits per heavy atom. The molecule has 2 nitrogen and oxygen atoms in total. The Balaban J connectivity index is 2.10. The summed E-state index contributed by atoms with van der Waals surface area (Å²) in [6.45, 7) is 7.02. The van der Waals surface area contributed by atoms with Crippen molar-refractivity contribution in [1.82, 2.24) is 0 Å². The quantitative estimate of drug-likeness (QED) is 0.535. The number of hydrogen-bond donors (Lipinski definition) is 0. The molecule has 0 aliphatic carbocycles. The van der Waals surface area contributed by atoms with Crippen LogP contribution in [0.25, 0.3) is 0 Å². The van der Waals surface area contributed by atoms with Crippen molar-refractivity contribution in [2.45, 2.75) is 39.1 Å². The average Bonchev–Trinajstić information content (AvgIpc) is 2.40. The summed E-state index contributed by atoms with van der Waals surface area (Å²) < 4.78 is 10.5. The zero-order chi connectivity index (χ0) is 6.85. The molecule has 1 rings (SSSR count). The van der Waals surface area contributed by atoms with E-state index in [1.807, 2.05) is 13.8 Å². The molecule has 0 amide bonds. The van der Waals surface area contributed by atoms with Gasteiger partial charge in [-0.25, -0.2) is 0 Å². The van der Waals surface area contributed by atoms with Crippen molar-refractivity contribution >= 4 is 0 Å². The lowest BCUT2D eigenvalue weighted by molar-refractivity contribution is 0.00353. The third-order valence-corrected chi connectivity index (χ3v) is 1.37. The highest BCUT2D eigenvalue weighted by molar-refractivity contribution is 4.76. The minimum atomic E-state index is 0.282. The normalized spacial score (nSPS) is 28.7. The summed E-state index contributed by atoms with van der Waals surface area (Å²) in [7, 11) is 0. The smallest absolute Gasteiger partial charge is 0.107 e. The Morgan fingerprint density at radius 1 is 1.44 bits per heavy atom. The van der Waals surface area contributed by atoms with E-state index in [0.29, 0.717) is 12.2 Å². The van der Waals surface area contributed by atoms with E-state index >= 15 is 0 Å². The lowest BCUT2D eigenvalue weighted by Crippen LogP contribution is -2.19. The molecule has 0 unspecified atom stereocenters. The molecular formula is C7H14O2. The molecular weight excluding hydrogens is 116 g/mol. The minimum absolute atomic E-state index is 0.282. The molecule has 1 aliphatic rings. The highest BCUT2D eigenvalue weighted by Gasteiger charge is 2.30. The third-order valence-electron chi connectivity index (χ3n) is 1.37. The fourth-order valence-electron chi connectivity index (χ4n) is 0.844.